The lowest BCUT2D eigenvalue weighted by Crippen LogP contribution is -3.13. The summed E-state index contributed by atoms with van der Waals surface area (Å²) >= 11 is 0. The zero-order valence-electron chi connectivity index (χ0n) is 14.7. The third kappa shape index (κ3) is 4.51. The number of nitrogens with one attached hydrogen (secondary N) is 1. The Bertz CT molecular complexity index is 839. The summed E-state index contributed by atoms with van der Waals surface area (Å²) in [6, 6.07) is 12.6. The highest BCUT2D eigenvalue weighted by Gasteiger charge is 2.29. The van der Waals surface area contributed by atoms with Crippen LogP contribution >= 0.6 is 0 Å². The molecule has 26 heavy (non-hydrogen) atoms. The van der Waals surface area contributed by atoms with Crippen LogP contribution in [0.5, 0.6) is 0 Å². The summed E-state index contributed by atoms with van der Waals surface area (Å²) in [5, 5.41) is 0. The molecule has 8 heteroatoms. The first-order valence-corrected chi connectivity index (χ1v) is 10.1. The van der Waals surface area contributed by atoms with E-state index in [0.29, 0.717) is 38.5 Å². The number of quaternary nitrogens is 1. The van der Waals surface area contributed by atoms with Crippen molar-refractivity contribution < 1.29 is 27.3 Å². The van der Waals surface area contributed by atoms with Gasteiger partial charge in [0.2, 0.25) is 15.8 Å². The van der Waals surface area contributed by atoms with Crippen LogP contribution in [0.4, 0.5) is 0 Å². The molecule has 3 rings (SSSR count). The Balaban J connectivity index is 1.54. The van der Waals surface area contributed by atoms with E-state index < -0.39 is 16.0 Å². The van der Waals surface area contributed by atoms with Crippen molar-refractivity contribution in [1.29, 1.82) is 0 Å². The lowest BCUT2D eigenvalue weighted by atomic mass is 10.2. The molecule has 7 nitrogen and oxygen atoms in total. The predicted molar refractivity (Wildman–Crippen MR) is 95.1 cm³/mol. The minimum Gasteiger partial charge on any atom is -0.463 e. The first-order valence-electron chi connectivity index (χ1n) is 8.50. The van der Waals surface area contributed by atoms with E-state index in [-0.39, 0.29) is 11.5 Å². The molecule has 0 saturated carbocycles. The second-order valence-corrected chi connectivity index (χ2v) is 8.29. The highest BCUT2D eigenvalue weighted by molar-refractivity contribution is 7.88. The molecule has 1 fully saturated rings. The number of carbonyl (C=O) groups excluding carboxylic acids is 1. The molecule has 1 aliphatic rings. The Morgan fingerprint density at radius 2 is 1.85 bits per heavy atom. The van der Waals surface area contributed by atoms with Gasteiger partial charge in [0.25, 0.3) is 0 Å². The zero-order valence-corrected chi connectivity index (χ0v) is 15.5. The number of carbonyl (C=O) groups is 1. The third-order valence-corrected chi connectivity index (χ3v) is 6.34. The SMILES string of the molecule is COC(=O)c1ccc(C[NH+]2CCN(S(=O)(=O)Cc3ccccc3)CC2)o1. The second kappa shape index (κ2) is 8.03. The van der Waals surface area contributed by atoms with E-state index >= 15 is 0 Å². The van der Waals surface area contributed by atoms with Crippen LogP contribution in [0.1, 0.15) is 21.9 Å². The zero-order chi connectivity index (χ0) is 18.6. The molecular formula is C18H23N2O5S+. The molecule has 1 aliphatic heterocycles. The first-order chi connectivity index (χ1) is 12.5. The Labute approximate surface area is 153 Å². The van der Waals surface area contributed by atoms with Crippen molar-refractivity contribution in [2.45, 2.75) is 12.3 Å². The van der Waals surface area contributed by atoms with Gasteiger partial charge in [-0.15, -0.1) is 0 Å². The number of hydrogen-bond acceptors (Lipinski definition) is 5. The average Bonchev–Trinajstić information content (AvgIpc) is 3.10. The number of nitrogens with zero attached hydrogens (tertiary/aromatic N) is 1. The molecule has 0 radical (unpaired) electrons. The monoisotopic (exact) mass is 379 g/mol. The van der Waals surface area contributed by atoms with E-state index in [2.05, 4.69) is 4.74 Å². The normalized spacial score (nSPS) is 16.5. The van der Waals surface area contributed by atoms with Crippen molar-refractivity contribution in [2.75, 3.05) is 33.3 Å². The van der Waals surface area contributed by atoms with Crippen LogP contribution in [0.25, 0.3) is 0 Å². The van der Waals surface area contributed by atoms with Gasteiger partial charge in [-0.05, 0) is 17.7 Å². The molecule has 0 unspecified atom stereocenters. The van der Waals surface area contributed by atoms with Crippen LogP contribution in [-0.4, -0.2) is 52.0 Å². The Morgan fingerprint density at radius 3 is 2.50 bits per heavy atom. The number of methoxy groups -OCH3 is 1. The summed E-state index contributed by atoms with van der Waals surface area (Å²) in [7, 11) is -2.00. The summed E-state index contributed by atoms with van der Waals surface area (Å²) in [6.45, 7) is 2.97. The molecule has 1 saturated heterocycles. The van der Waals surface area contributed by atoms with Gasteiger partial charge in [-0.1, -0.05) is 30.3 Å². The quantitative estimate of drug-likeness (QED) is 0.730. The number of hydrogen-bond donors (Lipinski definition) is 1. The van der Waals surface area contributed by atoms with Crippen molar-refractivity contribution in [3.05, 3.63) is 59.5 Å². The highest BCUT2D eigenvalue weighted by Crippen LogP contribution is 2.11. The molecule has 0 aliphatic carbocycles. The van der Waals surface area contributed by atoms with Crippen molar-refractivity contribution in [1.82, 2.24) is 4.31 Å². The standard InChI is InChI=1S/C18H22N2O5S/c1-24-18(21)17-8-7-16(25-17)13-19-9-11-20(12-10-19)26(22,23)14-15-5-3-2-4-6-15/h2-8H,9-14H2,1H3/p+1. The molecule has 1 aromatic heterocycles. The second-order valence-electron chi connectivity index (χ2n) is 6.33. The smallest absolute Gasteiger partial charge is 0.373 e. The summed E-state index contributed by atoms with van der Waals surface area (Å²) in [5.41, 5.74) is 0.799. The number of rotatable bonds is 6. The maximum absolute atomic E-state index is 12.6. The summed E-state index contributed by atoms with van der Waals surface area (Å²) < 4.78 is 36.8. The van der Waals surface area contributed by atoms with Gasteiger partial charge >= 0.3 is 5.97 Å². The molecule has 140 valence electrons. The number of piperazine rings is 1. The van der Waals surface area contributed by atoms with Gasteiger partial charge in [0.05, 0.1) is 39.0 Å². The topological polar surface area (TPSA) is 81.3 Å². The number of sulfonamides is 1. The summed E-state index contributed by atoms with van der Waals surface area (Å²) in [5.74, 6) is 0.416. The van der Waals surface area contributed by atoms with Crippen LogP contribution in [0.3, 0.4) is 0 Å². The Hall–Kier alpha value is -2.16. The summed E-state index contributed by atoms with van der Waals surface area (Å²) in [4.78, 5) is 12.7. The van der Waals surface area contributed by atoms with Gasteiger partial charge in [0, 0.05) is 0 Å². The van der Waals surface area contributed by atoms with E-state index in [9.17, 15) is 13.2 Å². The van der Waals surface area contributed by atoms with E-state index in [4.69, 9.17) is 4.42 Å². The number of furan rings is 1. The minimum atomic E-state index is -3.31. The molecule has 1 aromatic carbocycles. The van der Waals surface area contributed by atoms with Gasteiger partial charge in [-0.3, -0.25) is 0 Å². The van der Waals surface area contributed by atoms with Gasteiger partial charge in [-0.25, -0.2) is 13.2 Å². The first kappa shape index (κ1) is 18.6. The number of benzene rings is 1. The van der Waals surface area contributed by atoms with E-state index in [1.807, 2.05) is 30.3 Å². The van der Waals surface area contributed by atoms with E-state index in [0.717, 1.165) is 5.56 Å². The van der Waals surface area contributed by atoms with Crippen LogP contribution in [0.2, 0.25) is 0 Å². The number of ether oxygens (including phenoxy) is 1. The van der Waals surface area contributed by atoms with Gasteiger partial charge < -0.3 is 14.1 Å². The lowest BCUT2D eigenvalue weighted by molar-refractivity contribution is -0.918. The largest absolute Gasteiger partial charge is 0.463 e. The van der Waals surface area contributed by atoms with Crippen LogP contribution in [0, 0.1) is 0 Å². The average molecular weight is 379 g/mol. The summed E-state index contributed by atoms with van der Waals surface area (Å²) in [6.07, 6.45) is 0. The molecule has 0 spiro atoms. The van der Waals surface area contributed by atoms with Crippen LogP contribution < -0.4 is 4.90 Å². The Morgan fingerprint density at radius 1 is 1.15 bits per heavy atom. The highest BCUT2D eigenvalue weighted by atomic mass is 32.2. The fourth-order valence-electron chi connectivity index (χ4n) is 3.06. The minimum absolute atomic E-state index is 0.0316. The van der Waals surface area contributed by atoms with Gasteiger partial charge in [0.1, 0.15) is 6.54 Å². The van der Waals surface area contributed by atoms with Crippen LogP contribution in [-0.2, 0) is 27.1 Å². The molecular weight excluding hydrogens is 356 g/mol. The van der Waals surface area contributed by atoms with Crippen molar-refractivity contribution >= 4 is 16.0 Å². The van der Waals surface area contributed by atoms with E-state index in [1.54, 1.807) is 16.4 Å². The van der Waals surface area contributed by atoms with Gasteiger partial charge in [-0.2, -0.15) is 4.31 Å². The van der Waals surface area contributed by atoms with Crippen LogP contribution in [0.15, 0.2) is 46.9 Å². The van der Waals surface area contributed by atoms with E-state index in [1.165, 1.54) is 12.0 Å². The molecule has 0 bridgehead atoms. The maximum Gasteiger partial charge on any atom is 0.373 e. The van der Waals surface area contributed by atoms with Crippen molar-refractivity contribution in [3.8, 4) is 0 Å². The fraction of sp³-hybridized carbons (Fsp3) is 0.389. The predicted octanol–water partition coefficient (Wildman–Crippen LogP) is 0.297. The molecule has 2 aromatic rings. The fourth-order valence-corrected chi connectivity index (χ4v) is 4.60. The molecule has 0 atom stereocenters. The van der Waals surface area contributed by atoms with Crippen molar-refractivity contribution in [3.63, 3.8) is 0 Å². The maximum atomic E-state index is 12.6. The van der Waals surface area contributed by atoms with Crippen molar-refractivity contribution in [2.24, 2.45) is 0 Å². The molecule has 1 N–H and O–H groups in total. The molecule has 2 heterocycles. The third-order valence-electron chi connectivity index (χ3n) is 4.49. The molecule has 0 amide bonds. The lowest BCUT2D eigenvalue weighted by Gasteiger charge is -2.31. The van der Waals surface area contributed by atoms with Gasteiger partial charge in [0.15, 0.2) is 5.76 Å². The Kier molecular flexibility index (Phi) is 5.75. The number of esters is 1.